The van der Waals surface area contributed by atoms with Gasteiger partial charge in [-0.05, 0) is 41.6 Å². The van der Waals surface area contributed by atoms with Crippen LogP contribution in [0.25, 0.3) is 0 Å². The number of ether oxygens (including phenoxy) is 1. The summed E-state index contributed by atoms with van der Waals surface area (Å²) in [6.45, 7) is 2.15. The van der Waals surface area contributed by atoms with Gasteiger partial charge in [0.05, 0.1) is 15.7 Å². The maximum Gasteiger partial charge on any atom is 0.339 e. The van der Waals surface area contributed by atoms with Gasteiger partial charge >= 0.3 is 5.97 Å². The summed E-state index contributed by atoms with van der Waals surface area (Å²) in [5.74, 6) is -0.320. The fourth-order valence-electron chi connectivity index (χ4n) is 0.916. The second-order valence-electron chi connectivity index (χ2n) is 2.43. The molecule has 13 heavy (non-hydrogen) atoms. The summed E-state index contributed by atoms with van der Waals surface area (Å²) in [5.41, 5.74) is 6.77. The molecule has 4 heteroatoms. The highest BCUT2D eigenvalue weighted by Crippen LogP contribution is 2.19. The van der Waals surface area contributed by atoms with E-state index < -0.39 is 0 Å². The molecule has 0 atom stereocenters. The predicted molar refractivity (Wildman–Crippen MR) is 59.5 cm³/mol. The molecule has 3 nitrogen and oxygen atoms in total. The van der Waals surface area contributed by atoms with Crippen LogP contribution in [0.4, 0.5) is 5.69 Å². The second-order valence-corrected chi connectivity index (χ2v) is 3.51. The first-order chi connectivity index (χ1) is 6.16. The minimum absolute atomic E-state index is 0.320. The third-order valence-corrected chi connectivity index (χ3v) is 2.73. The fourth-order valence-corrected chi connectivity index (χ4v) is 1.50. The van der Waals surface area contributed by atoms with Crippen LogP contribution in [0.15, 0.2) is 18.2 Å². The zero-order chi connectivity index (χ0) is 9.84. The highest BCUT2D eigenvalue weighted by molar-refractivity contribution is 14.1. The van der Waals surface area contributed by atoms with E-state index >= 15 is 0 Å². The molecular weight excluding hydrogens is 281 g/mol. The molecule has 0 spiro atoms. The summed E-state index contributed by atoms with van der Waals surface area (Å²) >= 11 is 2.03. The molecule has 1 aromatic rings. The summed E-state index contributed by atoms with van der Waals surface area (Å²) in [6.07, 6.45) is 0. The monoisotopic (exact) mass is 291 g/mol. The maximum atomic E-state index is 11.3. The largest absolute Gasteiger partial charge is 0.462 e. The normalized spacial score (nSPS) is 9.69. The van der Waals surface area contributed by atoms with Gasteiger partial charge in [0.1, 0.15) is 0 Å². The summed E-state index contributed by atoms with van der Waals surface area (Å²) < 4.78 is 5.61. The Hall–Kier alpha value is -0.780. The lowest BCUT2D eigenvalue weighted by molar-refractivity contribution is 0.0525. The molecule has 70 valence electrons. The van der Waals surface area contributed by atoms with Crippen molar-refractivity contribution in [1.82, 2.24) is 0 Å². The number of esters is 1. The number of rotatable bonds is 2. The summed E-state index contributed by atoms with van der Waals surface area (Å²) in [7, 11) is 0. The predicted octanol–water partition coefficient (Wildman–Crippen LogP) is 2.05. The van der Waals surface area contributed by atoms with Crippen LogP contribution in [0.3, 0.4) is 0 Å². The molecule has 0 heterocycles. The van der Waals surface area contributed by atoms with Crippen LogP contribution in [-0.4, -0.2) is 12.6 Å². The van der Waals surface area contributed by atoms with Gasteiger partial charge in [-0.15, -0.1) is 0 Å². The zero-order valence-corrected chi connectivity index (χ0v) is 9.37. The van der Waals surface area contributed by atoms with Crippen LogP contribution in [0.2, 0.25) is 0 Å². The Morgan fingerprint density at radius 2 is 2.31 bits per heavy atom. The van der Waals surface area contributed by atoms with E-state index in [-0.39, 0.29) is 5.97 Å². The molecule has 0 amide bonds. The van der Waals surface area contributed by atoms with Gasteiger partial charge < -0.3 is 10.5 Å². The van der Waals surface area contributed by atoms with Gasteiger partial charge in [-0.3, -0.25) is 0 Å². The van der Waals surface area contributed by atoms with Crippen molar-refractivity contribution in [3.63, 3.8) is 0 Å². The lowest BCUT2D eigenvalue weighted by Gasteiger charge is -2.05. The molecule has 0 aliphatic rings. The number of nitrogen functional groups attached to an aromatic ring is 1. The van der Waals surface area contributed by atoms with Crippen molar-refractivity contribution >= 4 is 34.2 Å². The number of halogens is 1. The summed E-state index contributed by atoms with van der Waals surface area (Å²) in [4.78, 5) is 11.3. The average Bonchev–Trinajstić information content (AvgIpc) is 2.10. The van der Waals surface area contributed by atoms with Gasteiger partial charge in [0.2, 0.25) is 0 Å². The molecule has 0 radical (unpaired) electrons. The van der Waals surface area contributed by atoms with Crippen LogP contribution >= 0.6 is 22.6 Å². The molecule has 1 aromatic carbocycles. The Kier molecular flexibility index (Phi) is 3.53. The Labute approximate surface area is 90.4 Å². The van der Waals surface area contributed by atoms with Gasteiger partial charge in [0.15, 0.2) is 0 Å². The molecule has 0 aromatic heterocycles. The first-order valence-corrected chi connectivity index (χ1v) is 4.95. The fraction of sp³-hybridized carbons (Fsp3) is 0.222. The van der Waals surface area contributed by atoms with E-state index in [9.17, 15) is 4.79 Å². The first kappa shape index (κ1) is 10.3. The van der Waals surface area contributed by atoms with Crippen LogP contribution in [0.5, 0.6) is 0 Å². The van der Waals surface area contributed by atoms with E-state index in [1.165, 1.54) is 0 Å². The molecular formula is C9H10INO2. The summed E-state index contributed by atoms with van der Waals surface area (Å²) in [6, 6.07) is 5.20. The lowest BCUT2D eigenvalue weighted by atomic mass is 10.2. The van der Waals surface area contributed by atoms with E-state index in [0.29, 0.717) is 17.9 Å². The maximum absolute atomic E-state index is 11.3. The van der Waals surface area contributed by atoms with Gasteiger partial charge in [0.25, 0.3) is 0 Å². The third-order valence-electron chi connectivity index (χ3n) is 1.52. The van der Waals surface area contributed by atoms with Crippen LogP contribution in [0, 0.1) is 3.57 Å². The molecule has 0 saturated carbocycles. The van der Waals surface area contributed by atoms with Crippen molar-refractivity contribution in [1.29, 1.82) is 0 Å². The smallest absolute Gasteiger partial charge is 0.339 e. The molecule has 2 N–H and O–H groups in total. The SMILES string of the molecule is CCOC(=O)c1cccc(N)c1I. The van der Waals surface area contributed by atoms with E-state index in [4.69, 9.17) is 10.5 Å². The zero-order valence-electron chi connectivity index (χ0n) is 7.21. The summed E-state index contributed by atoms with van der Waals surface area (Å²) in [5, 5.41) is 0. The second kappa shape index (κ2) is 4.45. The molecule has 0 bridgehead atoms. The van der Waals surface area contributed by atoms with Gasteiger partial charge in [-0.2, -0.15) is 0 Å². The van der Waals surface area contributed by atoms with Gasteiger partial charge in [-0.1, -0.05) is 6.07 Å². The number of hydrogen-bond donors (Lipinski definition) is 1. The number of anilines is 1. The Morgan fingerprint density at radius 1 is 1.62 bits per heavy atom. The van der Waals surface area contributed by atoms with Crippen molar-refractivity contribution in [3.8, 4) is 0 Å². The quantitative estimate of drug-likeness (QED) is 0.515. The molecule has 0 unspecified atom stereocenters. The minimum atomic E-state index is -0.320. The number of nitrogens with two attached hydrogens (primary N) is 1. The van der Waals surface area contributed by atoms with Crippen molar-refractivity contribution < 1.29 is 9.53 Å². The number of benzene rings is 1. The number of carbonyl (C=O) groups excluding carboxylic acids is 1. The number of hydrogen-bond acceptors (Lipinski definition) is 3. The van der Waals surface area contributed by atoms with Crippen LogP contribution in [0.1, 0.15) is 17.3 Å². The van der Waals surface area contributed by atoms with Crippen molar-refractivity contribution in [2.24, 2.45) is 0 Å². The standard InChI is InChI=1S/C9H10INO2/c1-2-13-9(12)6-4-3-5-7(11)8(6)10/h3-5H,2,11H2,1H3. The molecule has 0 saturated heterocycles. The number of carbonyl (C=O) groups is 1. The van der Waals surface area contributed by atoms with Crippen molar-refractivity contribution in [2.75, 3.05) is 12.3 Å². The van der Waals surface area contributed by atoms with Crippen LogP contribution < -0.4 is 5.73 Å². The molecule has 0 aliphatic heterocycles. The molecule has 1 rings (SSSR count). The lowest BCUT2D eigenvalue weighted by Crippen LogP contribution is -2.07. The molecule has 0 fully saturated rings. The Morgan fingerprint density at radius 3 is 2.92 bits per heavy atom. The first-order valence-electron chi connectivity index (χ1n) is 3.88. The van der Waals surface area contributed by atoms with E-state index in [2.05, 4.69) is 0 Å². The van der Waals surface area contributed by atoms with E-state index in [1.807, 2.05) is 22.6 Å². The Balaban J connectivity index is 3.01. The Bertz CT molecular complexity index is 325. The van der Waals surface area contributed by atoms with Crippen molar-refractivity contribution in [2.45, 2.75) is 6.92 Å². The highest BCUT2D eigenvalue weighted by atomic mass is 127. The van der Waals surface area contributed by atoms with Gasteiger partial charge in [-0.25, -0.2) is 4.79 Å². The average molecular weight is 291 g/mol. The molecule has 0 aliphatic carbocycles. The minimum Gasteiger partial charge on any atom is -0.462 e. The van der Waals surface area contributed by atoms with Crippen LogP contribution in [-0.2, 0) is 4.74 Å². The van der Waals surface area contributed by atoms with E-state index in [0.717, 1.165) is 3.57 Å². The highest BCUT2D eigenvalue weighted by Gasteiger charge is 2.11. The van der Waals surface area contributed by atoms with Gasteiger partial charge in [0, 0.05) is 5.69 Å². The topological polar surface area (TPSA) is 52.3 Å². The van der Waals surface area contributed by atoms with E-state index in [1.54, 1.807) is 25.1 Å². The van der Waals surface area contributed by atoms with Crippen molar-refractivity contribution in [3.05, 3.63) is 27.3 Å². The third kappa shape index (κ3) is 2.33.